The number of piperazine rings is 2. The number of carbonyl (C=O) groups is 1. The summed E-state index contributed by atoms with van der Waals surface area (Å²) in [7, 11) is 0. The molecular formula is C28H42N4O4. The number of nitrogens with zero attached hydrogens (tertiary/aromatic N) is 3. The van der Waals surface area contributed by atoms with Gasteiger partial charge in [0.1, 0.15) is 11.5 Å². The van der Waals surface area contributed by atoms with E-state index in [-0.39, 0.29) is 5.97 Å². The predicted octanol–water partition coefficient (Wildman–Crippen LogP) is 3.44. The topological polar surface area (TPSA) is 88.5 Å². The first-order valence-electron chi connectivity index (χ1n) is 13.2. The number of rotatable bonds is 9. The average Bonchev–Trinajstić information content (AvgIpc) is 2.90. The Morgan fingerprint density at radius 3 is 1.97 bits per heavy atom. The van der Waals surface area contributed by atoms with Gasteiger partial charge in [0.25, 0.3) is 0 Å². The zero-order valence-electron chi connectivity index (χ0n) is 21.6. The van der Waals surface area contributed by atoms with Crippen molar-refractivity contribution in [1.82, 2.24) is 10.2 Å². The van der Waals surface area contributed by atoms with Gasteiger partial charge in [-0.1, -0.05) is 18.6 Å². The fourth-order valence-electron chi connectivity index (χ4n) is 4.55. The molecule has 198 valence electrons. The summed E-state index contributed by atoms with van der Waals surface area (Å²) in [5.74, 6) is 0.592. The van der Waals surface area contributed by atoms with Crippen LogP contribution < -0.4 is 15.1 Å². The number of hydrogen-bond donors (Lipinski definition) is 3. The number of unbranched alkanes of at least 4 members (excludes halogenated alkanes) is 2. The highest BCUT2D eigenvalue weighted by molar-refractivity contribution is 5.69. The smallest absolute Gasteiger partial charge is 0.305 e. The third kappa shape index (κ3) is 9.59. The molecule has 36 heavy (non-hydrogen) atoms. The van der Waals surface area contributed by atoms with Gasteiger partial charge in [0, 0.05) is 82.3 Å². The van der Waals surface area contributed by atoms with Gasteiger partial charge in [-0.3, -0.25) is 9.69 Å². The molecule has 2 aliphatic heterocycles. The fraction of sp³-hybridized carbons (Fsp3) is 0.536. The summed E-state index contributed by atoms with van der Waals surface area (Å²) in [6, 6.07) is 14.9. The molecule has 0 unspecified atom stereocenters. The van der Waals surface area contributed by atoms with Gasteiger partial charge >= 0.3 is 5.97 Å². The molecule has 2 heterocycles. The van der Waals surface area contributed by atoms with Crippen LogP contribution in [0.5, 0.6) is 11.5 Å². The third-order valence-corrected chi connectivity index (χ3v) is 6.54. The Labute approximate surface area is 215 Å². The molecule has 2 fully saturated rings. The summed E-state index contributed by atoms with van der Waals surface area (Å²) in [4.78, 5) is 18.3. The number of phenolic OH excluding ortho intramolecular Hbond substituents is 2. The van der Waals surface area contributed by atoms with E-state index in [2.05, 4.69) is 20.0 Å². The number of hydrogen-bond acceptors (Lipinski definition) is 8. The van der Waals surface area contributed by atoms with Gasteiger partial charge < -0.3 is 30.1 Å². The number of carbonyl (C=O) groups excluding carboxylic acids is 1. The molecule has 0 atom stereocenters. The minimum Gasteiger partial charge on any atom is -0.508 e. The van der Waals surface area contributed by atoms with E-state index >= 15 is 0 Å². The number of esters is 1. The first kappa shape index (κ1) is 27.6. The van der Waals surface area contributed by atoms with Crippen molar-refractivity contribution in [2.45, 2.75) is 32.6 Å². The summed E-state index contributed by atoms with van der Waals surface area (Å²) in [6.45, 7) is 11.6. The Kier molecular flexibility index (Phi) is 11.7. The minimum atomic E-state index is -0.0766. The van der Waals surface area contributed by atoms with Gasteiger partial charge in [-0.15, -0.1) is 0 Å². The molecule has 8 nitrogen and oxygen atoms in total. The second-order valence-corrected chi connectivity index (χ2v) is 9.22. The molecule has 2 saturated heterocycles. The standard InChI is InChI=1S/C18H28N2O3.C10H14N2O/c1-2-23-18(22)9-4-3-5-10-19-11-13-20(14-12-19)16-7-6-8-17(21)15-16;13-10-3-1-2-9(8-10)12-6-4-11-5-7-12/h6-8,15,21H,2-5,9-14H2,1H3;1-3,8,11,13H,4-7H2. The Hall–Kier alpha value is -2.97. The first-order chi connectivity index (χ1) is 17.5. The van der Waals surface area contributed by atoms with Crippen LogP contribution in [0.25, 0.3) is 0 Å². The number of phenols is 2. The van der Waals surface area contributed by atoms with E-state index < -0.39 is 0 Å². The Balaban J connectivity index is 0.000000233. The summed E-state index contributed by atoms with van der Waals surface area (Å²) in [5, 5.41) is 22.2. The Morgan fingerprint density at radius 1 is 0.833 bits per heavy atom. The quantitative estimate of drug-likeness (QED) is 0.358. The molecule has 2 aliphatic rings. The van der Waals surface area contributed by atoms with Crippen molar-refractivity contribution < 1.29 is 19.7 Å². The highest BCUT2D eigenvalue weighted by Gasteiger charge is 2.17. The molecule has 0 saturated carbocycles. The summed E-state index contributed by atoms with van der Waals surface area (Å²) in [6.07, 6.45) is 3.67. The lowest BCUT2D eigenvalue weighted by Gasteiger charge is -2.36. The van der Waals surface area contributed by atoms with Crippen molar-refractivity contribution in [3.05, 3.63) is 48.5 Å². The maximum Gasteiger partial charge on any atom is 0.305 e. The van der Waals surface area contributed by atoms with Crippen LogP contribution in [0.2, 0.25) is 0 Å². The zero-order chi connectivity index (χ0) is 25.6. The minimum absolute atomic E-state index is 0.0766. The molecule has 4 rings (SSSR count). The molecule has 2 aromatic carbocycles. The number of ether oxygens (including phenoxy) is 1. The maximum absolute atomic E-state index is 11.2. The fourth-order valence-corrected chi connectivity index (χ4v) is 4.55. The van der Waals surface area contributed by atoms with E-state index in [1.54, 1.807) is 12.1 Å². The van der Waals surface area contributed by atoms with Crippen molar-refractivity contribution in [3.8, 4) is 11.5 Å². The molecule has 0 aromatic heterocycles. The van der Waals surface area contributed by atoms with E-state index in [9.17, 15) is 15.0 Å². The van der Waals surface area contributed by atoms with Crippen LogP contribution in [-0.2, 0) is 9.53 Å². The van der Waals surface area contributed by atoms with E-state index in [4.69, 9.17) is 4.74 Å². The molecule has 0 amide bonds. The van der Waals surface area contributed by atoms with Crippen LogP contribution in [-0.4, -0.2) is 86.6 Å². The van der Waals surface area contributed by atoms with Crippen LogP contribution in [0, 0.1) is 0 Å². The van der Waals surface area contributed by atoms with Gasteiger partial charge in [-0.25, -0.2) is 0 Å². The van der Waals surface area contributed by atoms with Crippen LogP contribution in [0.15, 0.2) is 48.5 Å². The number of benzene rings is 2. The van der Waals surface area contributed by atoms with Gasteiger partial charge in [0.05, 0.1) is 6.61 Å². The molecular weight excluding hydrogens is 456 g/mol. The normalized spacial score (nSPS) is 16.2. The van der Waals surface area contributed by atoms with Crippen molar-refractivity contribution >= 4 is 17.3 Å². The van der Waals surface area contributed by atoms with Crippen LogP contribution >= 0.6 is 0 Å². The third-order valence-electron chi connectivity index (χ3n) is 6.54. The molecule has 0 aliphatic carbocycles. The van der Waals surface area contributed by atoms with Gasteiger partial charge in [-0.05, 0) is 50.6 Å². The van der Waals surface area contributed by atoms with E-state index in [1.165, 1.54) is 0 Å². The molecule has 2 aromatic rings. The summed E-state index contributed by atoms with van der Waals surface area (Å²) in [5.41, 5.74) is 2.21. The molecule has 0 bridgehead atoms. The van der Waals surface area contributed by atoms with Crippen molar-refractivity contribution in [2.75, 3.05) is 75.3 Å². The number of aromatic hydroxyl groups is 2. The maximum atomic E-state index is 11.2. The van der Waals surface area contributed by atoms with Crippen LogP contribution in [0.3, 0.4) is 0 Å². The van der Waals surface area contributed by atoms with E-state index in [0.717, 1.165) is 89.5 Å². The lowest BCUT2D eigenvalue weighted by molar-refractivity contribution is -0.143. The second kappa shape index (κ2) is 15.2. The SMILES string of the molecule is CCOC(=O)CCCCCN1CCN(c2cccc(O)c2)CC1.Oc1cccc(N2CCNCC2)c1. The van der Waals surface area contributed by atoms with Crippen molar-refractivity contribution in [1.29, 1.82) is 0 Å². The molecule has 0 spiro atoms. The van der Waals surface area contributed by atoms with Gasteiger partial charge in [0.2, 0.25) is 0 Å². The summed E-state index contributed by atoms with van der Waals surface area (Å²) >= 11 is 0. The zero-order valence-corrected chi connectivity index (χ0v) is 21.6. The highest BCUT2D eigenvalue weighted by Crippen LogP contribution is 2.22. The lowest BCUT2D eigenvalue weighted by Crippen LogP contribution is -2.46. The van der Waals surface area contributed by atoms with Gasteiger partial charge in [-0.2, -0.15) is 0 Å². The van der Waals surface area contributed by atoms with E-state index in [0.29, 0.717) is 24.5 Å². The second-order valence-electron chi connectivity index (χ2n) is 9.22. The predicted molar refractivity (Wildman–Crippen MR) is 145 cm³/mol. The van der Waals surface area contributed by atoms with Gasteiger partial charge in [0.15, 0.2) is 0 Å². The first-order valence-corrected chi connectivity index (χ1v) is 13.2. The van der Waals surface area contributed by atoms with Crippen LogP contribution in [0.1, 0.15) is 32.6 Å². The largest absolute Gasteiger partial charge is 0.508 e. The highest BCUT2D eigenvalue weighted by atomic mass is 16.5. The number of anilines is 2. The average molecular weight is 499 g/mol. The van der Waals surface area contributed by atoms with E-state index in [1.807, 2.05) is 43.3 Å². The van der Waals surface area contributed by atoms with Crippen molar-refractivity contribution in [3.63, 3.8) is 0 Å². The Morgan fingerprint density at radius 2 is 1.42 bits per heavy atom. The number of nitrogens with one attached hydrogen (secondary N) is 1. The summed E-state index contributed by atoms with van der Waals surface area (Å²) < 4.78 is 4.93. The van der Waals surface area contributed by atoms with Crippen molar-refractivity contribution in [2.24, 2.45) is 0 Å². The van der Waals surface area contributed by atoms with Crippen LogP contribution in [0.4, 0.5) is 11.4 Å². The molecule has 3 N–H and O–H groups in total. The Bertz CT molecular complexity index is 912. The molecule has 0 radical (unpaired) electrons. The molecule has 8 heteroatoms. The monoisotopic (exact) mass is 498 g/mol. The lowest BCUT2D eigenvalue weighted by atomic mass is 10.1.